The standard InChI is InChI=1S/C15H24N2O/c1-11-6-4-7-12(10-11)14(16-2)13-8-5-9-17-15(13)18-3/h5,8-9,11-12,14,16H,4,6-7,10H2,1-3H3. The van der Waals surface area contributed by atoms with Crippen molar-refractivity contribution in [2.24, 2.45) is 11.8 Å². The van der Waals surface area contributed by atoms with Gasteiger partial charge in [0.25, 0.3) is 0 Å². The van der Waals surface area contributed by atoms with Crippen molar-refractivity contribution >= 4 is 0 Å². The third-order valence-electron chi connectivity index (χ3n) is 4.09. The van der Waals surface area contributed by atoms with Gasteiger partial charge in [0.15, 0.2) is 0 Å². The summed E-state index contributed by atoms with van der Waals surface area (Å²) in [7, 11) is 3.73. The number of aromatic nitrogens is 1. The SMILES string of the molecule is CNC(c1cccnc1OC)C1CCCC(C)C1. The van der Waals surface area contributed by atoms with E-state index in [4.69, 9.17) is 4.74 Å². The highest BCUT2D eigenvalue weighted by molar-refractivity contribution is 5.29. The number of hydrogen-bond acceptors (Lipinski definition) is 3. The highest BCUT2D eigenvalue weighted by Gasteiger charge is 2.28. The Bertz CT molecular complexity index is 381. The molecule has 0 aromatic carbocycles. The van der Waals surface area contributed by atoms with Gasteiger partial charge in [-0.3, -0.25) is 0 Å². The van der Waals surface area contributed by atoms with Crippen LogP contribution in [0.1, 0.15) is 44.2 Å². The fraction of sp³-hybridized carbons (Fsp3) is 0.667. The Morgan fingerprint density at radius 3 is 2.94 bits per heavy atom. The summed E-state index contributed by atoms with van der Waals surface area (Å²) in [6.45, 7) is 2.36. The van der Waals surface area contributed by atoms with E-state index >= 15 is 0 Å². The zero-order chi connectivity index (χ0) is 13.0. The predicted octanol–water partition coefficient (Wildman–Crippen LogP) is 3.18. The summed E-state index contributed by atoms with van der Waals surface area (Å²) < 4.78 is 5.39. The number of nitrogens with one attached hydrogen (secondary N) is 1. The second kappa shape index (κ2) is 6.19. The average molecular weight is 248 g/mol. The average Bonchev–Trinajstić information content (AvgIpc) is 2.40. The smallest absolute Gasteiger partial charge is 0.217 e. The van der Waals surface area contributed by atoms with E-state index in [1.807, 2.05) is 13.1 Å². The van der Waals surface area contributed by atoms with Gasteiger partial charge in [-0.05, 0) is 37.8 Å². The molecule has 0 amide bonds. The van der Waals surface area contributed by atoms with Crippen molar-refractivity contribution in [2.45, 2.75) is 38.6 Å². The van der Waals surface area contributed by atoms with E-state index in [1.54, 1.807) is 13.3 Å². The first kappa shape index (κ1) is 13.3. The minimum Gasteiger partial charge on any atom is -0.481 e. The highest BCUT2D eigenvalue weighted by Crippen LogP contribution is 2.38. The molecule has 3 nitrogen and oxygen atoms in total. The zero-order valence-electron chi connectivity index (χ0n) is 11.6. The normalized spacial score (nSPS) is 25.7. The van der Waals surface area contributed by atoms with Gasteiger partial charge in [0.1, 0.15) is 0 Å². The summed E-state index contributed by atoms with van der Waals surface area (Å²) in [4.78, 5) is 4.32. The van der Waals surface area contributed by atoms with Gasteiger partial charge in [-0.15, -0.1) is 0 Å². The summed E-state index contributed by atoms with van der Waals surface area (Å²) in [6.07, 6.45) is 7.10. The monoisotopic (exact) mass is 248 g/mol. The van der Waals surface area contributed by atoms with Crippen molar-refractivity contribution < 1.29 is 4.74 Å². The van der Waals surface area contributed by atoms with E-state index in [0.717, 1.165) is 11.8 Å². The minimum atomic E-state index is 0.358. The van der Waals surface area contributed by atoms with Crippen LogP contribution < -0.4 is 10.1 Å². The molecule has 1 aromatic heterocycles. The minimum absolute atomic E-state index is 0.358. The molecule has 1 aromatic rings. The highest BCUT2D eigenvalue weighted by atomic mass is 16.5. The van der Waals surface area contributed by atoms with Crippen molar-refractivity contribution in [3.05, 3.63) is 23.9 Å². The van der Waals surface area contributed by atoms with E-state index in [9.17, 15) is 0 Å². The maximum Gasteiger partial charge on any atom is 0.217 e. The lowest BCUT2D eigenvalue weighted by Gasteiger charge is -2.33. The Labute approximate surface area is 110 Å². The van der Waals surface area contributed by atoms with E-state index in [-0.39, 0.29) is 0 Å². The molecule has 1 aliphatic carbocycles. The number of ether oxygens (including phenoxy) is 1. The number of methoxy groups -OCH3 is 1. The number of rotatable bonds is 4. The van der Waals surface area contributed by atoms with Gasteiger partial charge in [-0.25, -0.2) is 4.98 Å². The van der Waals surface area contributed by atoms with Gasteiger partial charge in [-0.1, -0.05) is 25.8 Å². The number of nitrogens with zero attached hydrogens (tertiary/aromatic N) is 1. The molecule has 100 valence electrons. The quantitative estimate of drug-likeness (QED) is 0.888. The molecule has 1 fully saturated rings. The number of pyridine rings is 1. The molecule has 0 saturated heterocycles. The zero-order valence-corrected chi connectivity index (χ0v) is 11.6. The Kier molecular flexibility index (Phi) is 4.59. The fourth-order valence-corrected chi connectivity index (χ4v) is 3.24. The summed E-state index contributed by atoms with van der Waals surface area (Å²) in [5, 5.41) is 3.46. The van der Waals surface area contributed by atoms with Crippen LogP contribution in [0.5, 0.6) is 5.88 Å². The van der Waals surface area contributed by atoms with Gasteiger partial charge in [0, 0.05) is 17.8 Å². The first-order valence-corrected chi connectivity index (χ1v) is 6.92. The van der Waals surface area contributed by atoms with Crippen LogP contribution in [0.25, 0.3) is 0 Å². The molecule has 3 heteroatoms. The summed E-state index contributed by atoms with van der Waals surface area (Å²) in [5.41, 5.74) is 1.20. The molecule has 1 aliphatic rings. The van der Waals surface area contributed by atoms with Crippen LogP contribution in [-0.4, -0.2) is 19.1 Å². The van der Waals surface area contributed by atoms with Crippen LogP contribution in [0, 0.1) is 11.8 Å². The molecule has 2 rings (SSSR count). The van der Waals surface area contributed by atoms with Gasteiger partial charge in [-0.2, -0.15) is 0 Å². The Morgan fingerprint density at radius 2 is 2.28 bits per heavy atom. The molecule has 0 bridgehead atoms. The van der Waals surface area contributed by atoms with E-state index in [2.05, 4.69) is 23.3 Å². The van der Waals surface area contributed by atoms with Crippen molar-refractivity contribution in [3.8, 4) is 5.88 Å². The first-order valence-electron chi connectivity index (χ1n) is 6.92. The molecule has 0 aliphatic heterocycles. The third-order valence-corrected chi connectivity index (χ3v) is 4.09. The van der Waals surface area contributed by atoms with Crippen molar-refractivity contribution in [3.63, 3.8) is 0 Å². The lowest BCUT2D eigenvalue weighted by molar-refractivity contribution is 0.226. The molecular formula is C15H24N2O. The van der Waals surface area contributed by atoms with Crippen LogP contribution in [-0.2, 0) is 0 Å². The fourth-order valence-electron chi connectivity index (χ4n) is 3.24. The van der Waals surface area contributed by atoms with Crippen LogP contribution in [0.2, 0.25) is 0 Å². The van der Waals surface area contributed by atoms with E-state index in [1.165, 1.54) is 31.2 Å². The molecule has 0 radical (unpaired) electrons. The second-order valence-corrected chi connectivity index (χ2v) is 5.40. The maximum absolute atomic E-state index is 5.39. The molecular weight excluding hydrogens is 224 g/mol. The van der Waals surface area contributed by atoms with Crippen LogP contribution >= 0.6 is 0 Å². The molecule has 3 unspecified atom stereocenters. The van der Waals surface area contributed by atoms with Crippen molar-refractivity contribution in [1.82, 2.24) is 10.3 Å². The Balaban J connectivity index is 2.21. The molecule has 1 N–H and O–H groups in total. The Morgan fingerprint density at radius 1 is 1.44 bits per heavy atom. The Hall–Kier alpha value is -1.09. The molecule has 3 atom stereocenters. The molecule has 1 saturated carbocycles. The van der Waals surface area contributed by atoms with Gasteiger partial charge in [0.05, 0.1) is 7.11 Å². The molecule has 1 heterocycles. The summed E-state index contributed by atoms with van der Waals surface area (Å²) in [6, 6.07) is 4.48. The topological polar surface area (TPSA) is 34.2 Å². The first-order chi connectivity index (χ1) is 8.76. The third kappa shape index (κ3) is 2.83. The molecule has 0 spiro atoms. The van der Waals surface area contributed by atoms with E-state index < -0.39 is 0 Å². The second-order valence-electron chi connectivity index (χ2n) is 5.40. The lowest BCUT2D eigenvalue weighted by Crippen LogP contribution is -2.29. The lowest BCUT2D eigenvalue weighted by atomic mass is 9.77. The van der Waals surface area contributed by atoms with Crippen LogP contribution in [0.4, 0.5) is 0 Å². The number of hydrogen-bond donors (Lipinski definition) is 1. The van der Waals surface area contributed by atoms with Crippen molar-refractivity contribution in [2.75, 3.05) is 14.2 Å². The summed E-state index contributed by atoms with van der Waals surface area (Å²) in [5.74, 6) is 2.29. The maximum atomic E-state index is 5.39. The van der Waals surface area contributed by atoms with Crippen molar-refractivity contribution in [1.29, 1.82) is 0 Å². The van der Waals surface area contributed by atoms with Gasteiger partial charge in [0.2, 0.25) is 5.88 Å². The summed E-state index contributed by atoms with van der Waals surface area (Å²) >= 11 is 0. The van der Waals surface area contributed by atoms with E-state index in [0.29, 0.717) is 12.0 Å². The predicted molar refractivity (Wildman–Crippen MR) is 73.7 cm³/mol. The van der Waals surface area contributed by atoms with Gasteiger partial charge < -0.3 is 10.1 Å². The van der Waals surface area contributed by atoms with Gasteiger partial charge >= 0.3 is 0 Å². The van der Waals surface area contributed by atoms with Crippen LogP contribution in [0.3, 0.4) is 0 Å². The largest absolute Gasteiger partial charge is 0.481 e. The molecule has 18 heavy (non-hydrogen) atoms. The van der Waals surface area contributed by atoms with Crippen LogP contribution in [0.15, 0.2) is 18.3 Å².